The van der Waals surface area contributed by atoms with Crippen molar-refractivity contribution in [3.63, 3.8) is 0 Å². The molecule has 2 bridgehead atoms. The van der Waals surface area contributed by atoms with Gasteiger partial charge in [-0.05, 0) is 38.5 Å². The number of sulfone groups is 1. The summed E-state index contributed by atoms with van der Waals surface area (Å²) in [7, 11) is -2.99. The molecule has 2 atom stereocenters. The molecule has 0 aromatic heterocycles. The molecule has 100 valence electrons. The summed E-state index contributed by atoms with van der Waals surface area (Å²) in [4.78, 5) is 0. The fourth-order valence-electron chi connectivity index (χ4n) is 3.56. The minimum atomic E-state index is -2.99. The molecule has 0 aromatic carbocycles. The van der Waals surface area contributed by atoms with Crippen LogP contribution < -0.4 is 5.73 Å². The lowest BCUT2D eigenvalue weighted by molar-refractivity contribution is -0.0546. The predicted octanol–water partition coefficient (Wildman–Crippen LogP) is 0.975. The predicted molar refractivity (Wildman–Crippen MR) is 67.4 cm³/mol. The van der Waals surface area contributed by atoms with E-state index in [9.17, 15) is 13.5 Å². The van der Waals surface area contributed by atoms with Gasteiger partial charge in [-0.1, -0.05) is 13.8 Å². The molecule has 0 aliphatic carbocycles. The summed E-state index contributed by atoms with van der Waals surface area (Å²) in [6.07, 6.45) is 3.39. The van der Waals surface area contributed by atoms with E-state index in [2.05, 4.69) is 0 Å². The van der Waals surface area contributed by atoms with Crippen LogP contribution in [0.2, 0.25) is 0 Å². The zero-order valence-corrected chi connectivity index (χ0v) is 11.5. The molecule has 2 rings (SSSR count). The van der Waals surface area contributed by atoms with Crippen LogP contribution in [0.3, 0.4) is 0 Å². The van der Waals surface area contributed by atoms with Gasteiger partial charge in [-0.3, -0.25) is 0 Å². The van der Waals surface area contributed by atoms with E-state index in [-0.39, 0.29) is 10.5 Å². The molecule has 5 heteroatoms. The maximum absolute atomic E-state index is 12.0. The smallest absolute Gasteiger partial charge is 0.156 e. The zero-order valence-electron chi connectivity index (χ0n) is 10.6. The third-order valence-electron chi connectivity index (χ3n) is 5.06. The molecule has 0 spiro atoms. The van der Waals surface area contributed by atoms with E-state index in [1.807, 2.05) is 13.8 Å². The Hall–Kier alpha value is -0.130. The lowest BCUT2D eigenvalue weighted by Gasteiger charge is -2.48. The summed E-state index contributed by atoms with van der Waals surface area (Å²) in [5.74, 6) is 0. The molecule has 3 N–H and O–H groups in total. The highest BCUT2D eigenvalue weighted by Gasteiger charge is 2.58. The van der Waals surface area contributed by atoms with Crippen molar-refractivity contribution in [1.82, 2.24) is 0 Å². The van der Waals surface area contributed by atoms with E-state index in [1.54, 1.807) is 0 Å². The van der Waals surface area contributed by atoms with Crippen LogP contribution in [-0.2, 0) is 9.84 Å². The van der Waals surface area contributed by atoms with Gasteiger partial charge >= 0.3 is 0 Å². The van der Waals surface area contributed by atoms with Gasteiger partial charge in [0, 0.05) is 5.54 Å². The van der Waals surface area contributed by atoms with Gasteiger partial charge in [0.25, 0.3) is 0 Å². The Bertz CT molecular complexity index is 380. The van der Waals surface area contributed by atoms with Crippen molar-refractivity contribution in [3.8, 4) is 0 Å². The monoisotopic (exact) mass is 261 g/mol. The lowest BCUT2D eigenvalue weighted by atomic mass is 9.71. The molecule has 0 amide bonds. The van der Waals surface area contributed by atoms with Crippen molar-refractivity contribution in [2.75, 3.05) is 0 Å². The van der Waals surface area contributed by atoms with Crippen molar-refractivity contribution in [2.45, 2.75) is 74.0 Å². The van der Waals surface area contributed by atoms with E-state index < -0.39 is 21.0 Å². The Morgan fingerprint density at radius 1 is 1.24 bits per heavy atom. The molecule has 17 heavy (non-hydrogen) atoms. The summed E-state index contributed by atoms with van der Waals surface area (Å²) < 4.78 is 24.0. The maximum Gasteiger partial charge on any atom is 0.156 e. The van der Waals surface area contributed by atoms with Crippen molar-refractivity contribution in [1.29, 1.82) is 0 Å². The minimum Gasteiger partial charge on any atom is -0.388 e. The molecular weight excluding hydrogens is 238 g/mol. The topological polar surface area (TPSA) is 80.4 Å². The molecule has 0 radical (unpaired) electrons. The quantitative estimate of drug-likeness (QED) is 0.793. The van der Waals surface area contributed by atoms with E-state index in [4.69, 9.17) is 5.73 Å². The van der Waals surface area contributed by atoms with E-state index in [0.717, 1.165) is 0 Å². The molecule has 0 aromatic rings. The van der Waals surface area contributed by atoms with E-state index >= 15 is 0 Å². The number of hydrogen-bond acceptors (Lipinski definition) is 4. The Labute approximate surface area is 104 Å². The molecule has 2 heterocycles. The number of aliphatic hydroxyl groups is 1. The second kappa shape index (κ2) is 3.93. The average molecular weight is 261 g/mol. The first kappa shape index (κ1) is 13.3. The molecule has 0 saturated carbocycles. The number of nitrogens with two attached hydrogens (primary N) is 1. The molecule has 4 nitrogen and oxygen atoms in total. The van der Waals surface area contributed by atoms with Crippen LogP contribution in [0.5, 0.6) is 0 Å². The minimum absolute atomic E-state index is 0.323. The van der Waals surface area contributed by atoms with Gasteiger partial charge in [0.15, 0.2) is 9.84 Å². The largest absolute Gasteiger partial charge is 0.388 e. The third-order valence-corrected chi connectivity index (χ3v) is 7.72. The highest BCUT2D eigenvalue weighted by atomic mass is 32.2. The van der Waals surface area contributed by atoms with Gasteiger partial charge in [-0.25, -0.2) is 8.42 Å². The highest BCUT2D eigenvalue weighted by Crippen LogP contribution is 2.48. The van der Waals surface area contributed by atoms with E-state index in [0.29, 0.717) is 38.5 Å². The molecule has 2 saturated heterocycles. The van der Waals surface area contributed by atoms with Gasteiger partial charge in [-0.15, -0.1) is 0 Å². The van der Waals surface area contributed by atoms with Crippen LogP contribution in [0.1, 0.15) is 52.4 Å². The van der Waals surface area contributed by atoms with Crippen molar-refractivity contribution < 1.29 is 13.5 Å². The zero-order chi connectivity index (χ0) is 12.9. The second-order valence-electron chi connectivity index (χ2n) is 5.71. The number of hydrogen-bond donors (Lipinski definition) is 2. The SMILES string of the molecule is CCC(N)(CC)C1(O)CC2CCC(C1)S2(=O)=O. The van der Waals surface area contributed by atoms with Crippen LogP contribution in [-0.4, -0.2) is 35.2 Å². The van der Waals surface area contributed by atoms with Gasteiger partial charge in [0.2, 0.25) is 0 Å². The van der Waals surface area contributed by atoms with Gasteiger partial charge < -0.3 is 10.8 Å². The Morgan fingerprint density at radius 2 is 1.65 bits per heavy atom. The fourth-order valence-corrected chi connectivity index (χ4v) is 6.05. The Balaban J connectivity index is 2.33. The number of rotatable bonds is 3. The fraction of sp³-hybridized carbons (Fsp3) is 1.00. The Kier molecular flexibility index (Phi) is 3.08. The molecule has 2 aliphatic rings. The van der Waals surface area contributed by atoms with Crippen LogP contribution in [0.4, 0.5) is 0 Å². The lowest BCUT2D eigenvalue weighted by Crippen LogP contribution is -2.64. The van der Waals surface area contributed by atoms with Crippen LogP contribution in [0, 0.1) is 0 Å². The first-order valence-electron chi connectivity index (χ1n) is 6.53. The summed E-state index contributed by atoms with van der Waals surface area (Å²) in [6, 6.07) is 0. The van der Waals surface area contributed by atoms with Crippen molar-refractivity contribution >= 4 is 9.84 Å². The summed E-state index contributed by atoms with van der Waals surface area (Å²) in [6.45, 7) is 3.93. The first-order valence-corrected chi connectivity index (χ1v) is 8.14. The van der Waals surface area contributed by atoms with Crippen molar-refractivity contribution in [3.05, 3.63) is 0 Å². The molecule has 2 unspecified atom stereocenters. The van der Waals surface area contributed by atoms with Gasteiger partial charge in [-0.2, -0.15) is 0 Å². The maximum atomic E-state index is 12.0. The molecule has 2 fully saturated rings. The van der Waals surface area contributed by atoms with E-state index in [1.165, 1.54) is 0 Å². The highest BCUT2D eigenvalue weighted by molar-refractivity contribution is 7.93. The average Bonchev–Trinajstić information content (AvgIpc) is 2.48. The van der Waals surface area contributed by atoms with Crippen LogP contribution in [0.15, 0.2) is 0 Å². The Morgan fingerprint density at radius 3 is 2.00 bits per heavy atom. The summed E-state index contributed by atoms with van der Waals surface area (Å²) in [5, 5.41) is 10.1. The third kappa shape index (κ3) is 1.74. The van der Waals surface area contributed by atoms with Gasteiger partial charge in [0.05, 0.1) is 16.1 Å². The summed E-state index contributed by atoms with van der Waals surface area (Å²) in [5.41, 5.74) is 4.65. The number of fused-ring (bicyclic) bond motifs is 2. The molecular formula is C12H23NO3S. The van der Waals surface area contributed by atoms with Crippen LogP contribution in [0.25, 0.3) is 0 Å². The normalized spacial score (nSPS) is 40.5. The summed E-state index contributed by atoms with van der Waals surface area (Å²) >= 11 is 0. The van der Waals surface area contributed by atoms with Gasteiger partial charge in [0.1, 0.15) is 0 Å². The first-order chi connectivity index (χ1) is 7.79. The van der Waals surface area contributed by atoms with Crippen LogP contribution >= 0.6 is 0 Å². The van der Waals surface area contributed by atoms with Crippen molar-refractivity contribution in [2.24, 2.45) is 5.73 Å². The molecule has 2 aliphatic heterocycles. The standard InChI is InChI=1S/C12H23NO3S/c1-3-11(13,4-2)12(14)7-9-5-6-10(8-12)17(9,15)16/h9-10,14H,3-8,13H2,1-2H3. The second-order valence-corrected chi connectivity index (χ2v) is 8.22.